The first-order chi connectivity index (χ1) is 12.8. The molecule has 2 aliphatic carbocycles. The van der Waals surface area contributed by atoms with Crippen LogP contribution in [-0.2, 0) is 13.0 Å². The van der Waals surface area contributed by atoms with Crippen LogP contribution in [0.15, 0.2) is 72.3 Å². The molecule has 26 heavy (non-hydrogen) atoms. The van der Waals surface area contributed by atoms with E-state index in [4.69, 9.17) is 5.73 Å². The van der Waals surface area contributed by atoms with Crippen LogP contribution in [0.5, 0.6) is 0 Å². The Labute approximate surface area is 154 Å². The Kier molecular flexibility index (Phi) is 3.76. The minimum atomic E-state index is 0.572. The van der Waals surface area contributed by atoms with E-state index in [0.29, 0.717) is 6.54 Å². The van der Waals surface area contributed by atoms with Crippen molar-refractivity contribution in [1.29, 1.82) is 0 Å². The third kappa shape index (κ3) is 2.43. The Morgan fingerprint density at radius 3 is 2.65 bits per heavy atom. The van der Waals surface area contributed by atoms with Crippen LogP contribution in [-0.4, -0.2) is 0 Å². The summed E-state index contributed by atoms with van der Waals surface area (Å²) in [5.41, 5.74) is 15.8. The maximum Gasteiger partial charge on any atom is 0.0184 e. The number of rotatable bonds is 2. The van der Waals surface area contributed by atoms with Crippen LogP contribution in [0.3, 0.4) is 0 Å². The molecule has 0 bridgehead atoms. The zero-order valence-corrected chi connectivity index (χ0v) is 15.0. The Bertz CT molecular complexity index is 1070. The van der Waals surface area contributed by atoms with Gasteiger partial charge in [0.05, 0.1) is 0 Å². The molecule has 2 aliphatic rings. The number of nitrogens with two attached hydrogens (primary N) is 1. The second kappa shape index (κ2) is 6.26. The van der Waals surface area contributed by atoms with Crippen molar-refractivity contribution in [2.45, 2.75) is 32.2 Å². The highest BCUT2D eigenvalue weighted by Gasteiger charge is 2.20. The minimum Gasteiger partial charge on any atom is -0.326 e. The van der Waals surface area contributed by atoms with E-state index in [0.717, 1.165) is 6.42 Å². The predicted molar refractivity (Wildman–Crippen MR) is 111 cm³/mol. The minimum absolute atomic E-state index is 0.572. The van der Waals surface area contributed by atoms with Crippen LogP contribution in [0.25, 0.3) is 27.5 Å². The van der Waals surface area contributed by atoms with Crippen LogP contribution < -0.4 is 5.73 Å². The van der Waals surface area contributed by atoms with E-state index in [-0.39, 0.29) is 0 Å². The van der Waals surface area contributed by atoms with E-state index in [9.17, 15) is 0 Å². The third-order valence-electron chi connectivity index (χ3n) is 5.93. The molecule has 0 aromatic heterocycles. The number of benzene rings is 3. The summed E-state index contributed by atoms with van der Waals surface area (Å²) in [4.78, 5) is 0. The fraction of sp³-hybridized carbons (Fsp3) is 0.200. The molecule has 0 radical (unpaired) electrons. The Morgan fingerprint density at radius 1 is 0.846 bits per heavy atom. The topological polar surface area (TPSA) is 26.0 Å². The maximum atomic E-state index is 5.97. The summed E-state index contributed by atoms with van der Waals surface area (Å²) in [5, 5.41) is 2.74. The molecule has 3 aromatic rings. The molecule has 0 fully saturated rings. The van der Waals surface area contributed by atoms with E-state index in [1.165, 1.54) is 63.4 Å². The lowest BCUT2D eigenvalue weighted by Gasteiger charge is -2.25. The molecule has 1 heteroatoms. The molecule has 0 saturated heterocycles. The van der Waals surface area contributed by atoms with E-state index in [2.05, 4.69) is 66.7 Å². The number of fused-ring (bicyclic) bond motifs is 4. The first-order valence-electron chi connectivity index (χ1n) is 9.58. The average molecular weight is 337 g/mol. The quantitative estimate of drug-likeness (QED) is 0.608. The molecule has 0 spiro atoms. The molecule has 0 amide bonds. The number of hydrogen-bond acceptors (Lipinski definition) is 1. The zero-order chi connectivity index (χ0) is 17.5. The van der Waals surface area contributed by atoms with Crippen molar-refractivity contribution in [3.05, 3.63) is 89.0 Å². The van der Waals surface area contributed by atoms with Gasteiger partial charge in [-0.15, -0.1) is 0 Å². The van der Waals surface area contributed by atoms with Gasteiger partial charge in [0, 0.05) is 6.54 Å². The summed E-state index contributed by atoms with van der Waals surface area (Å²) >= 11 is 0. The summed E-state index contributed by atoms with van der Waals surface area (Å²) in [7, 11) is 0. The van der Waals surface area contributed by atoms with Gasteiger partial charge in [-0.1, -0.05) is 66.3 Å². The van der Waals surface area contributed by atoms with Gasteiger partial charge in [0.25, 0.3) is 0 Å². The van der Waals surface area contributed by atoms with Crippen molar-refractivity contribution in [3.8, 4) is 11.1 Å². The molecular weight excluding hydrogens is 314 g/mol. The lowest BCUT2D eigenvalue weighted by molar-refractivity contribution is 0.831. The SMILES string of the molecule is NCc1ccccc1-c1ccc2ccc3c(c2c1)CCC1=C3C=CCC1. The molecule has 0 saturated carbocycles. The first-order valence-corrected chi connectivity index (χ1v) is 9.58. The van der Waals surface area contributed by atoms with Crippen molar-refractivity contribution in [2.24, 2.45) is 5.73 Å². The van der Waals surface area contributed by atoms with E-state index in [1.54, 1.807) is 5.57 Å². The van der Waals surface area contributed by atoms with Gasteiger partial charge in [0.1, 0.15) is 0 Å². The average Bonchev–Trinajstić information content (AvgIpc) is 2.72. The highest BCUT2D eigenvalue weighted by Crippen LogP contribution is 2.40. The van der Waals surface area contributed by atoms with Gasteiger partial charge in [-0.25, -0.2) is 0 Å². The van der Waals surface area contributed by atoms with Gasteiger partial charge in [-0.3, -0.25) is 0 Å². The molecule has 2 N–H and O–H groups in total. The maximum absolute atomic E-state index is 5.97. The predicted octanol–water partition coefficient (Wildman–Crippen LogP) is 6.02. The molecule has 3 aromatic carbocycles. The Hall–Kier alpha value is -2.64. The number of allylic oxidation sites excluding steroid dienone is 4. The zero-order valence-electron chi connectivity index (χ0n) is 15.0. The highest BCUT2D eigenvalue weighted by molar-refractivity contribution is 5.96. The smallest absolute Gasteiger partial charge is 0.0184 e. The van der Waals surface area contributed by atoms with Crippen molar-refractivity contribution in [1.82, 2.24) is 0 Å². The lowest BCUT2D eigenvalue weighted by atomic mass is 9.79. The Balaban J connectivity index is 1.72. The lowest BCUT2D eigenvalue weighted by Crippen LogP contribution is -2.07. The molecule has 5 rings (SSSR count). The molecular formula is C25H23N. The van der Waals surface area contributed by atoms with Crippen LogP contribution in [0.2, 0.25) is 0 Å². The molecule has 0 aliphatic heterocycles. The number of hydrogen-bond donors (Lipinski definition) is 1. The van der Waals surface area contributed by atoms with Crippen LogP contribution in [0.4, 0.5) is 0 Å². The highest BCUT2D eigenvalue weighted by atomic mass is 14.5. The summed E-state index contributed by atoms with van der Waals surface area (Å²) in [6.07, 6.45) is 9.45. The summed E-state index contributed by atoms with van der Waals surface area (Å²) in [6, 6.07) is 20.0. The summed E-state index contributed by atoms with van der Waals surface area (Å²) < 4.78 is 0. The van der Waals surface area contributed by atoms with Gasteiger partial charge in [-0.05, 0) is 75.9 Å². The van der Waals surface area contributed by atoms with Crippen LogP contribution >= 0.6 is 0 Å². The molecule has 128 valence electrons. The fourth-order valence-electron chi connectivity index (χ4n) is 4.58. The fourth-order valence-corrected chi connectivity index (χ4v) is 4.58. The number of aryl methyl sites for hydroxylation is 1. The van der Waals surface area contributed by atoms with Gasteiger partial charge in [-0.2, -0.15) is 0 Å². The second-order valence-electron chi connectivity index (χ2n) is 7.35. The summed E-state index contributed by atoms with van der Waals surface area (Å²) in [6.45, 7) is 0.572. The van der Waals surface area contributed by atoms with Crippen molar-refractivity contribution >= 4 is 16.3 Å². The largest absolute Gasteiger partial charge is 0.326 e. The van der Waals surface area contributed by atoms with Crippen molar-refractivity contribution in [2.75, 3.05) is 0 Å². The molecule has 0 unspecified atom stereocenters. The monoisotopic (exact) mass is 337 g/mol. The summed E-state index contributed by atoms with van der Waals surface area (Å²) in [5.74, 6) is 0. The first kappa shape index (κ1) is 15.6. The second-order valence-corrected chi connectivity index (χ2v) is 7.35. The van der Waals surface area contributed by atoms with Gasteiger partial charge >= 0.3 is 0 Å². The standard InChI is InChI=1S/C25H23N/c26-16-20-6-2-3-7-21(20)19-10-9-18-12-13-23-22-8-4-1-5-17(22)11-14-24(23)25(18)15-19/h2-4,6-10,12-13,15H,1,5,11,14,16,26H2. The normalized spacial score (nSPS) is 15.9. The van der Waals surface area contributed by atoms with Gasteiger partial charge < -0.3 is 5.73 Å². The van der Waals surface area contributed by atoms with Crippen LogP contribution in [0, 0.1) is 0 Å². The van der Waals surface area contributed by atoms with Crippen molar-refractivity contribution in [3.63, 3.8) is 0 Å². The molecule has 1 nitrogen and oxygen atoms in total. The van der Waals surface area contributed by atoms with Gasteiger partial charge in [0.15, 0.2) is 0 Å². The molecule has 0 heterocycles. The van der Waals surface area contributed by atoms with Crippen LogP contribution in [0.1, 0.15) is 36.0 Å². The van der Waals surface area contributed by atoms with Crippen molar-refractivity contribution < 1.29 is 0 Å². The third-order valence-corrected chi connectivity index (χ3v) is 5.93. The van der Waals surface area contributed by atoms with E-state index >= 15 is 0 Å². The molecule has 0 atom stereocenters. The van der Waals surface area contributed by atoms with Gasteiger partial charge in [0.2, 0.25) is 0 Å². The van der Waals surface area contributed by atoms with E-state index < -0.39 is 0 Å². The van der Waals surface area contributed by atoms with E-state index in [1.807, 2.05) is 0 Å². The Morgan fingerprint density at radius 2 is 1.73 bits per heavy atom.